The van der Waals surface area contributed by atoms with Crippen LogP contribution in [0.25, 0.3) is 10.9 Å². The maximum Gasteiger partial charge on any atom is 0.261 e. The van der Waals surface area contributed by atoms with Crippen LogP contribution in [0.2, 0.25) is 0 Å². The number of nitrogens with one attached hydrogen (secondary N) is 1. The highest BCUT2D eigenvalue weighted by Crippen LogP contribution is 2.11. The van der Waals surface area contributed by atoms with Gasteiger partial charge in [-0.2, -0.15) is 0 Å². The lowest BCUT2D eigenvalue weighted by atomic mass is 10.2. The summed E-state index contributed by atoms with van der Waals surface area (Å²) in [5.74, 6) is -0.311. The van der Waals surface area contributed by atoms with Gasteiger partial charge in [-0.1, -0.05) is 25.1 Å². The van der Waals surface area contributed by atoms with Crippen LogP contribution in [0.1, 0.15) is 12.7 Å². The molecule has 0 saturated carbocycles. The van der Waals surface area contributed by atoms with Gasteiger partial charge in [0.1, 0.15) is 18.2 Å². The SMILES string of the molecule is CCc1nc2ccccc2c(=O)n1CC(=O)Nc1cccc(F)c1. The number of nitrogens with zero attached hydrogens (tertiary/aromatic N) is 2. The van der Waals surface area contributed by atoms with Crippen LogP contribution in [-0.4, -0.2) is 15.5 Å². The molecule has 24 heavy (non-hydrogen) atoms. The number of carbonyl (C=O) groups is 1. The molecule has 1 heterocycles. The number of amides is 1. The van der Waals surface area contributed by atoms with Gasteiger partial charge in [-0.3, -0.25) is 14.2 Å². The van der Waals surface area contributed by atoms with Gasteiger partial charge < -0.3 is 5.32 Å². The van der Waals surface area contributed by atoms with E-state index in [9.17, 15) is 14.0 Å². The second kappa shape index (κ2) is 6.62. The van der Waals surface area contributed by atoms with E-state index in [0.29, 0.717) is 28.8 Å². The fourth-order valence-electron chi connectivity index (χ4n) is 2.56. The smallest absolute Gasteiger partial charge is 0.261 e. The van der Waals surface area contributed by atoms with Crippen molar-refractivity contribution in [3.8, 4) is 0 Å². The van der Waals surface area contributed by atoms with Gasteiger partial charge >= 0.3 is 0 Å². The summed E-state index contributed by atoms with van der Waals surface area (Å²) in [6, 6.07) is 12.6. The summed E-state index contributed by atoms with van der Waals surface area (Å²) >= 11 is 0. The summed E-state index contributed by atoms with van der Waals surface area (Å²) in [6.07, 6.45) is 0.521. The molecule has 0 fully saturated rings. The number of halogens is 1. The van der Waals surface area contributed by atoms with Gasteiger partial charge in [0.05, 0.1) is 10.9 Å². The average Bonchev–Trinajstić information content (AvgIpc) is 2.57. The average molecular weight is 325 g/mol. The number of aryl methyl sites for hydroxylation is 1. The Morgan fingerprint density at radius 3 is 2.75 bits per heavy atom. The molecule has 0 radical (unpaired) electrons. The molecule has 6 heteroatoms. The van der Waals surface area contributed by atoms with Gasteiger partial charge in [0.25, 0.3) is 5.56 Å². The molecule has 0 unspecified atom stereocenters. The molecule has 3 rings (SSSR count). The van der Waals surface area contributed by atoms with Crippen molar-refractivity contribution in [2.24, 2.45) is 0 Å². The highest BCUT2D eigenvalue weighted by molar-refractivity contribution is 5.90. The van der Waals surface area contributed by atoms with E-state index in [0.717, 1.165) is 0 Å². The molecule has 122 valence electrons. The largest absolute Gasteiger partial charge is 0.324 e. The van der Waals surface area contributed by atoms with E-state index in [1.807, 2.05) is 13.0 Å². The Hall–Kier alpha value is -3.02. The predicted molar refractivity (Wildman–Crippen MR) is 90.4 cm³/mol. The summed E-state index contributed by atoms with van der Waals surface area (Å²) in [4.78, 5) is 29.3. The number of rotatable bonds is 4. The molecule has 3 aromatic rings. The van der Waals surface area contributed by atoms with Gasteiger partial charge in [-0.15, -0.1) is 0 Å². The molecule has 0 spiro atoms. The van der Waals surface area contributed by atoms with Gasteiger partial charge in [0, 0.05) is 12.1 Å². The van der Waals surface area contributed by atoms with Gasteiger partial charge in [-0.05, 0) is 30.3 Å². The van der Waals surface area contributed by atoms with Crippen LogP contribution >= 0.6 is 0 Å². The van der Waals surface area contributed by atoms with Crippen molar-refractivity contribution in [2.45, 2.75) is 19.9 Å². The molecular formula is C18H16FN3O2. The minimum Gasteiger partial charge on any atom is -0.324 e. The standard InChI is InChI=1S/C18H16FN3O2/c1-2-16-21-15-9-4-3-8-14(15)18(24)22(16)11-17(23)20-13-7-5-6-12(19)10-13/h3-10H,2,11H2,1H3,(H,20,23). The number of hydrogen-bond donors (Lipinski definition) is 1. The molecule has 0 aliphatic carbocycles. The van der Waals surface area contributed by atoms with E-state index in [4.69, 9.17) is 0 Å². The lowest BCUT2D eigenvalue weighted by Gasteiger charge is -2.12. The van der Waals surface area contributed by atoms with Crippen molar-refractivity contribution in [1.29, 1.82) is 0 Å². The summed E-state index contributed by atoms with van der Waals surface area (Å²) in [5.41, 5.74) is 0.702. The molecule has 1 aromatic heterocycles. The third-order valence-electron chi connectivity index (χ3n) is 3.67. The Kier molecular flexibility index (Phi) is 4.37. The van der Waals surface area contributed by atoms with E-state index in [-0.39, 0.29) is 12.1 Å². The zero-order valence-corrected chi connectivity index (χ0v) is 13.1. The van der Waals surface area contributed by atoms with Gasteiger partial charge in [0.15, 0.2) is 0 Å². The van der Waals surface area contributed by atoms with Crippen LogP contribution < -0.4 is 10.9 Å². The van der Waals surface area contributed by atoms with Crippen molar-refractivity contribution < 1.29 is 9.18 Å². The van der Waals surface area contributed by atoms with Crippen LogP contribution in [-0.2, 0) is 17.8 Å². The van der Waals surface area contributed by atoms with Crippen LogP contribution in [0, 0.1) is 5.82 Å². The molecule has 0 aliphatic heterocycles. The topological polar surface area (TPSA) is 64.0 Å². The number of aromatic nitrogens is 2. The fraction of sp³-hybridized carbons (Fsp3) is 0.167. The van der Waals surface area contributed by atoms with E-state index in [1.165, 1.54) is 22.8 Å². The quantitative estimate of drug-likeness (QED) is 0.802. The second-order valence-corrected chi connectivity index (χ2v) is 5.35. The van der Waals surface area contributed by atoms with Crippen LogP contribution in [0.5, 0.6) is 0 Å². The second-order valence-electron chi connectivity index (χ2n) is 5.35. The van der Waals surface area contributed by atoms with Gasteiger partial charge in [0.2, 0.25) is 5.91 Å². The molecule has 0 atom stereocenters. The number of carbonyl (C=O) groups excluding carboxylic acids is 1. The van der Waals surface area contributed by atoms with E-state index < -0.39 is 11.7 Å². The predicted octanol–water partition coefficient (Wildman–Crippen LogP) is 2.74. The zero-order valence-electron chi connectivity index (χ0n) is 13.1. The van der Waals surface area contributed by atoms with Crippen molar-refractivity contribution in [3.05, 3.63) is 70.5 Å². The van der Waals surface area contributed by atoms with E-state index in [1.54, 1.807) is 24.3 Å². The van der Waals surface area contributed by atoms with Gasteiger partial charge in [-0.25, -0.2) is 9.37 Å². The van der Waals surface area contributed by atoms with E-state index in [2.05, 4.69) is 10.3 Å². The zero-order chi connectivity index (χ0) is 17.1. The Labute approximate surface area is 137 Å². The van der Waals surface area contributed by atoms with Crippen molar-refractivity contribution in [2.75, 3.05) is 5.32 Å². The van der Waals surface area contributed by atoms with Crippen LogP contribution in [0.4, 0.5) is 10.1 Å². The number of para-hydroxylation sites is 1. The Morgan fingerprint density at radius 1 is 1.21 bits per heavy atom. The van der Waals surface area contributed by atoms with Crippen molar-refractivity contribution in [3.63, 3.8) is 0 Å². The molecule has 1 amide bonds. The van der Waals surface area contributed by atoms with E-state index >= 15 is 0 Å². The summed E-state index contributed by atoms with van der Waals surface area (Å²) in [5, 5.41) is 3.06. The maximum absolute atomic E-state index is 13.2. The Morgan fingerprint density at radius 2 is 2.00 bits per heavy atom. The maximum atomic E-state index is 13.2. The summed E-state index contributed by atoms with van der Waals surface area (Å²) < 4.78 is 14.5. The number of benzene rings is 2. The minimum atomic E-state index is -0.438. The number of hydrogen-bond acceptors (Lipinski definition) is 3. The normalized spacial score (nSPS) is 10.8. The lowest BCUT2D eigenvalue weighted by Crippen LogP contribution is -2.31. The van der Waals surface area contributed by atoms with Crippen LogP contribution in [0.3, 0.4) is 0 Å². The van der Waals surface area contributed by atoms with Crippen molar-refractivity contribution in [1.82, 2.24) is 9.55 Å². The third-order valence-corrected chi connectivity index (χ3v) is 3.67. The summed E-state index contributed by atoms with van der Waals surface area (Å²) in [6.45, 7) is 1.70. The molecule has 1 N–H and O–H groups in total. The first-order valence-corrected chi connectivity index (χ1v) is 7.62. The third kappa shape index (κ3) is 3.17. The monoisotopic (exact) mass is 325 g/mol. The Bertz CT molecular complexity index is 966. The molecular weight excluding hydrogens is 309 g/mol. The first kappa shape index (κ1) is 15.9. The van der Waals surface area contributed by atoms with Crippen LogP contribution in [0.15, 0.2) is 53.3 Å². The first-order valence-electron chi connectivity index (χ1n) is 7.62. The summed E-state index contributed by atoms with van der Waals surface area (Å²) in [7, 11) is 0. The molecule has 5 nitrogen and oxygen atoms in total. The highest BCUT2D eigenvalue weighted by Gasteiger charge is 2.13. The molecule has 2 aromatic carbocycles. The van der Waals surface area contributed by atoms with Crippen molar-refractivity contribution >= 4 is 22.5 Å². The molecule has 0 aliphatic rings. The molecule has 0 bridgehead atoms. The Balaban J connectivity index is 1.93. The number of fused-ring (bicyclic) bond motifs is 1. The lowest BCUT2D eigenvalue weighted by molar-refractivity contribution is -0.116. The molecule has 0 saturated heterocycles. The first-order chi connectivity index (χ1) is 11.6. The minimum absolute atomic E-state index is 0.170. The number of anilines is 1. The fourth-order valence-corrected chi connectivity index (χ4v) is 2.56. The highest BCUT2D eigenvalue weighted by atomic mass is 19.1.